The van der Waals surface area contributed by atoms with Gasteiger partial charge in [-0.05, 0) is 36.6 Å². The third-order valence-electron chi connectivity index (χ3n) is 6.58. The van der Waals surface area contributed by atoms with E-state index in [2.05, 4.69) is 15.4 Å². The lowest BCUT2D eigenvalue weighted by Crippen LogP contribution is -2.46. The minimum Gasteiger partial charge on any atom is -0.342 e. The lowest BCUT2D eigenvalue weighted by molar-refractivity contribution is -0.137. The Morgan fingerprint density at radius 3 is 2.53 bits per heavy atom. The van der Waals surface area contributed by atoms with Crippen molar-refractivity contribution >= 4 is 11.8 Å². The van der Waals surface area contributed by atoms with Gasteiger partial charge in [0.15, 0.2) is 0 Å². The van der Waals surface area contributed by atoms with Crippen LogP contribution in [0.25, 0.3) is 11.3 Å². The zero-order valence-electron chi connectivity index (χ0n) is 21.1. The number of alkyl halides is 1. The van der Waals surface area contributed by atoms with E-state index in [4.69, 9.17) is 0 Å². The van der Waals surface area contributed by atoms with Gasteiger partial charge in [-0.25, -0.2) is 9.37 Å². The third-order valence-corrected chi connectivity index (χ3v) is 6.58. The molecule has 1 saturated heterocycles. The summed E-state index contributed by atoms with van der Waals surface area (Å²) in [6, 6.07) is 11.1. The average Bonchev–Trinajstić information content (AvgIpc) is 3.38. The van der Waals surface area contributed by atoms with Crippen molar-refractivity contribution in [1.82, 2.24) is 25.0 Å². The van der Waals surface area contributed by atoms with E-state index >= 15 is 0 Å². The summed E-state index contributed by atoms with van der Waals surface area (Å²) >= 11 is 0. The van der Waals surface area contributed by atoms with E-state index in [0.29, 0.717) is 16.8 Å². The summed E-state index contributed by atoms with van der Waals surface area (Å²) in [6.07, 6.45) is -1.36. The maximum atomic E-state index is 14.9. The van der Waals surface area contributed by atoms with Gasteiger partial charge in [0.05, 0.1) is 29.7 Å². The normalized spacial score (nSPS) is 18.5. The van der Waals surface area contributed by atoms with Gasteiger partial charge in [-0.15, -0.1) is 0 Å². The van der Waals surface area contributed by atoms with Crippen molar-refractivity contribution in [2.24, 2.45) is 7.05 Å². The van der Waals surface area contributed by atoms with Crippen LogP contribution in [0.5, 0.6) is 0 Å². The molecule has 2 aromatic heterocycles. The van der Waals surface area contributed by atoms with Crippen LogP contribution in [0.1, 0.15) is 61.7 Å². The molecule has 0 aliphatic carbocycles. The molecule has 190 valence electrons. The van der Waals surface area contributed by atoms with E-state index in [9.17, 15) is 18.4 Å². The first-order chi connectivity index (χ1) is 17.0. The van der Waals surface area contributed by atoms with E-state index in [0.717, 1.165) is 17.0 Å². The Kier molecular flexibility index (Phi) is 7.19. The largest absolute Gasteiger partial charge is 0.342 e. The zero-order chi connectivity index (χ0) is 26.1. The second-order valence-electron chi connectivity index (χ2n) is 9.65. The van der Waals surface area contributed by atoms with Gasteiger partial charge in [0.1, 0.15) is 12.2 Å². The van der Waals surface area contributed by atoms with Gasteiger partial charge in [-0.2, -0.15) is 9.49 Å². The predicted molar refractivity (Wildman–Crippen MR) is 132 cm³/mol. The molecule has 36 heavy (non-hydrogen) atoms. The number of likely N-dealkylation sites (tertiary alicyclic amines) is 1. The van der Waals surface area contributed by atoms with E-state index in [-0.39, 0.29) is 24.8 Å². The van der Waals surface area contributed by atoms with Gasteiger partial charge in [-0.1, -0.05) is 38.1 Å². The van der Waals surface area contributed by atoms with E-state index in [1.807, 2.05) is 58.2 Å². The Balaban J connectivity index is 1.75. The molecular formula is C27H31F2N5O2. The highest BCUT2D eigenvalue weighted by atomic mass is 19.1. The lowest BCUT2D eigenvalue weighted by atomic mass is 9.97. The highest BCUT2D eigenvalue weighted by molar-refractivity contribution is 5.88. The molecule has 7 nitrogen and oxygen atoms in total. The number of carbonyl (C=O) groups is 2. The standard InChI is InChI=1S/C27H31F2N5O2/c1-15(2)21-9-10-22(30-26(21)29)25(31-27(36)24-13-20(28)14-34(24)17(4)35)19-8-6-7-18(12-19)23-11-16(3)32-33(23)5/h6-12,15,20,24-25H,13-14H2,1-5H3,(H,31,36)/t20-,24+,25?/m1/s1. The molecule has 4 rings (SSSR count). The first kappa shape index (κ1) is 25.5. The average molecular weight is 496 g/mol. The van der Waals surface area contributed by atoms with Crippen molar-refractivity contribution in [3.63, 3.8) is 0 Å². The number of pyridine rings is 1. The highest BCUT2D eigenvalue weighted by Crippen LogP contribution is 2.29. The Morgan fingerprint density at radius 2 is 1.92 bits per heavy atom. The summed E-state index contributed by atoms with van der Waals surface area (Å²) in [4.78, 5) is 30.8. The number of amides is 2. The first-order valence-electron chi connectivity index (χ1n) is 12.0. The fourth-order valence-corrected chi connectivity index (χ4v) is 4.76. The molecule has 0 radical (unpaired) electrons. The van der Waals surface area contributed by atoms with Crippen LogP contribution in [-0.2, 0) is 16.6 Å². The summed E-state index contributed by atoms with van der Waals surface area (Å²) in [7, 11) is 1.85. The molecule has 1 unspecified atom stereocenters. The maximum Gasteiger partial charge on any atom is 0.243 e. The van der Waals surface area contributed by atoms with Crippen molar-refractivity contribution in [2.45, 2.75) is 58.3 Å². The van der Waals surface area contributed by atoms with Gasteiger partial charge in [-0.3, -0.25) is 14.3 Å². The number of hydrogen-bond donors (Lipinski definition) is 1. The SMILES string of the molecule is CC(=O)N1C[C@H](F)C[C@H]1C(=O)NC(c1cccc(-c2cc(C)nn2C)c1)c1ccc(C(C)C)c(F)n1. The minimum absolute atomic E-state index is 0.0555. The van der Waals surface area contributed by atoms with Gasteiger partial charge >= 0.3 is 0 Å². The first-order valence-corrected chi connectivity index (χ1v) is 12.0. The van der Waals surface area contributed by atoms with Crippen LogP contribution in [0.2, 0.25) is 0 Å². The number of carbonyl (C=O) groups excluding carboxylic acids is 2. The van der Waals surface area contributed by atoms with Crippen molar-refractivity contribution in [1.29, 1.82) is 0 Å². The molecule has 1 aromatic carbocycles. The quantitative estimate of drug-likeness (QED) is 0.520. The van der Waals surface area contributed by atoms with Crippen LogP contribution < -0.4 is 5.32 Å². The molecule has 9 heteroatoms. The number of halogens is 2. The second kappa shape index (κ2) is 10.2. The van der Waals surface area contributed by atoms with Crippen LogP contribution >= 0.6 is 0 Å². The molecule has 1 N–H and O–H groups in total. The van der Waals surface area contributed by atoms with E-state index in [1.165, 1.54) is 11.8 Å². The van der Waals surface area contributed by atoms with Crippen molar-refractivity contribution in [3.8, 4) is 11.3 Å². The van der Waals surface area contributed by atoms with Gasteiger partial charge < -0.3 is 10.2 Å². The monoisotopic (exact) mass is 495 g/mol. The summed E-state index contributed by atoms with van der Waals surface area (Å²) in [5.74, 6) is -1.53. The molecule has 1 fully saturated rings. The highest BCUT2D eigenvalue weighted by Gasteiger charge is 2.39. The number of benzene rings is 1. The van der Waals surface area contributed by atoms with E-state index in [1.54, 1.807) is 16.8 Å². The molecule has 0 saturated carbocycles. The van der Waals surface area contributed by atoms with Crippen LogP contribution in [0, 0.1) is 12.9 Å². The van der Waals surface area contributed by atoms with Gasteiger partial charge in [0.25, 0.3) is 0 Å². The zero-order valence-corrected chi connectivity index (χ0v) is 21.1. The molecule has 1 aliphatic rings. The minimum atomic E-state index is -1.28. The fraction of sp³-hybridized carbons (Fsp3) is 0.407. The molecule has 2 amide bonds. The summed E-state index contributed by atoms with van der Waals surface area (Å²) in [5, 5.41) is 7.32. The Bertz CT molecular complexity index is 1290. The topological polar surface area (TPSA) is 80.1 Å². The second-order valence-corrected chi connectivity index (χ2v) is 9.65. The van der Waals surface area contributed by atoms with Gasteiger partial charge in [0.2, 0.25) is 17.8 Å². The van der Waals surface area contributed by atoms with Crippen molar-refractivity contribution < 1.29 is 18.4 Å². The number of aryl methyl sites for hydroxylation is 2. The molecule has 3 heterocycles. The molecule has 1 aliphatic heterocycles. The number of nitrogens with zero attached hydrogens (tertiary/aromatic N) is 4. The van der Waals surface area contributed by atoms with Crippen LogP contribution in [0.4, 0.5) is 8.78 Å². The summed E-state index contributed by atoms with van der Waals surface area (Å²) < 4.78 is 30.8. The predicted octanol–water partition coefficient (Wildman–Crippen LogP) is 4.22. The summed E-state index contributed by atoms with van der Waals surface area (Å²) in [5.41, 5.74) is 4.07. The van der Waals surface area contributed by atoms with Crippen LogP contribution in [-0.4, -0.2) is 50.2 Å². The number of rotatable bonds is 6. The van der Waals surface area contributed by atoms with Crippen LogP contribution in [0.3, 0.4) is 0 Å². The summed E-state index contributed by atoms with van der Waals surface area (Å²) in [6.45, 7) is 6.85. The molecule has 3 atom stereocenters. The Hall–Kier alpha value is -3.62. The Morgan fingerprint density at radius 1 is 1.17 bits per heavy atom. The molecule has 0 bridgehead atoms. The molecule has 3 aromatic rings. The number of hydrogen-bond acceptors (Lipinski definition) is 4. The van der Waals surface area contributed by atoms with Crippen molar-refractivity contribution in [3.05, 3.63) is 70.9 Å². The van der Waals surface area contributed by atoms with Gasteiger partial charge in [0, 0.05) is 31.5 Å². The van der Waals surface area contributed by atoms with Crippen LogP contribution in [0.15, 0.2) is 42.5 Å². The fourth-order valence-electron chi connectivity index (χ4n) is 4.76. The van der Waals surface area contributed by atoms with Crippen molar-refractivity contribution in [2.75, 3.05) is 6.54 Å². The van der Waals surface area contributed by atoms with E-state index < -0.39 is 30.1 Å². The smallest absolute Gasteiger partial charge is 0.243 e. The third kappa shape index (κ3) is 5.15. The Labute approximate surface area is 209 Å². The lowest BCUT2D eigenvalue weighted by Gasteiger charge is -2.26. The molecule has 0 spiro atoms. The number of aromatic nitrogens is 3. The molecular weight excluding hydrogens is 464 g/mol. The number of nitrogens with one attached hydrogen (secondary N) is 1. The maximum absolute atomic E-state index is 14.9.